The minimum atomic E-state index is -1.06. The number of aryl methyl sites for hydroxylation is 1. The topological polar surface area (TPSA) is 108 Å². The van der Waals surface area contributed by atoms with Crippen molar-refractivity contribution in [3.05, 3.63) is 58.1 Å². The molecule has 1 N–H and O–H groups in total. The maximum Gasteiger partial charge on any atom is 0.307 e. The molecule has 0 unspecified atom stereocenters. The normalized spacial score (nSPS) is 11.4. The van der Waals surface area contributed by atoms with Crippen LogP contribution >= 0.6 is 11.8 Å². The minimum Gasteiger partial charge on any atom is -0.495 e. The molecule has 0 saturated heterocycles. The van der Waals surface area contributed by atoms with Gasteiger partial charge in [-0.25, -0.2) is 0 Å². The summed E-state index contributed by atoms with van der Waals surface area (Å²) in [5.41, 5.74) is 1.09. The van der Waals surface area contributed by atoms with Crippen LogP contribution in [0, 0.1) is 17.0 Å². The molecule has 0 bridgehead atoms. The largest absolute Gasteiger partial charge is 0.495 e. The molecule has 0 aliphatic carbocycles. The first-order valence-corrected chi connectivity index (χ1v) is 9.81. The zero-order valence-corrected chi connectivity index (χ0v) is 17.2. The summed E-state index contributed by atoms with van der Waals surface area (Å²) < 4.78 is 10.3. The fraction of sp³-hybridized carbons (Fsp3) is 0.300. The van der Waals surface area contributed by atoms with E-state index in [-0.39, 0.29) is 23.5 Å². The van der Waals surface area contributed by atoms with Gasteiger partial charge in [-0.3, -0.25) is 19.7 Å². The number of benzene rings is 2. The number of hydrogen-bond donors (Lipinski definition) is 1. The fourth-order valence-electron chi connectivity index (χ4n) is 2.34. The molecule has 0 radical (unpaired) electrons. The Bertz CT molecular complexity index is 885. The molecule has 2 aromatic carbocycles. The molecule has 154 valence electrons. The summed E-state index contributed by atoms with van der Waals surface area (Å²) in [4.78, 5) is 35.7. The molecule has 0 fully saturated rings. The number of rotatable bonds is 9. The Morgan fingerprint density at radius 1 is 1.21 bits per heavy atom. The summed E-state index contributed by atoms with van der Waals surface area (Å²) in [5, 5.41) is 13.4. The number of ether oxygens (including phenoxy) is 2. The van der Waals surface area contributed by atoms with Crippen molar-refractivity contribution in [1.29, 1.82) is 0 Å². The second-order valence-electron chi connectivity index (χ2n) is 6.17. The van der Waals surface area contributed by atoms with Gasteiger partial charge >= 0.3 is 5.97 Å². The zero-order chi connectivity index (χ0) is 21.4. The zero-order valence-electron chi connectivity index (χ0n) is 16.3. The number of nitrogens with zero attached hydrogens (tertiary/aromatic N) is 1. The number of thioether (sulfide) groups is 1. The molecule has 0 aliphatic rings. The van der Waals surface area contributed by atoms with E-state index in [0.29, 0.717) is 5.75 Å². The van der Waals surface area contributed by atoms with Crippen molar-refractivity contribution in [1.82, 2.24) is 0 Å². The molecule has 9 heteroatoms. The number of nitrogens with one attached hydrogen (secondary N) is 1. The van der Waals surface area contributed by atoms with Crippen molar-refractivity contribution in [2.45, 2.75) is 31.3 Å². The molecule has 1 amide bonds. The fourth-order valence-corrected chi connectivity index (χ4v) is 3.17. The van der Waals surface area contributed by atoms with Gasteiger partial charge in [0.05, 0.1) is 24.1 Å². The van der Waals surface area contributed by atoms with E-state index >= 15 is 0 Å². The molecule has 2 rings (SSSR count). The predicted molar refractivity (Wildman–Crippen MR) is 110 cm³/mol. The Labute approximate surface area is 172 Å². The molecular weight excluding hydrogens is 396 g/mol. The molecule has 0 aromatic heterocycles. The van der Waals surface area contributed by atoms with Gasteiger partial charge in [0.2, 0.25) is 0 Å². The van der Waals surface area contributed by atoms with Crippen molar-refractivity contribution < 1.29 is 24.0 Å². The number of nitro benzene ring substituents is 1. The monoisotopic (exact) mass is 418 g/mol. The molecule has 29 heavy (non-hydrogen) atoms. The maximum absolute atomic E-state index is 12.3. The average Bonchev–Trinajstić information content (AvgIpc) is 2.69. The minimum absolute atomic E-state index is 0.129. The summed E-state index contributed by atoms with van der Waals surface area (Å²) >= 11 is 1.52. The summed E-state index contributed by atoms with van der Waals surface area (Å²) in [6.45, 7) is 3.44. The van der Waals surface area contributed by atoms with Crippen molar-refractivity contribution in [3.8, 4) is 5.75 Å². The van der Waals surface area contributed by atoms with E-state index < -0.39 is 22.9 Å². The molecule has 1 atom stereocenters. The number of nitro groups is 1. The highest BCUT2D eigenvalue weighted by Crippen LogP contribution is 2.29. The third-order valence-electron chi connectivity index (χ3n) is 3.93. The smallest absolute Gasteiger partial charge is 0.307 e. The summed E-state index contributed by atoms with van der Waals surface area (Å²) in [7, 11) is 1.38. The second-order valence-corrected chi connectivity index (χ2v) is 7.34. The standard InChI is InChI=1S/C20H22N2O6S/c1-13-4-7-16(8-5-13)29-11-10-19(23)28-14(2)20(24)21-17-12-15(22(25)26)6-9-18(17)27-3/h4-9,12,14H,10-11H2,1-3H3,(H,21,24)/t14-/m0/s1. The van der Waals surface area contributed by atoms with Crippen LogP contribution in [-0.4, -0.2) is 35.8 Å². The van der Waals surface area contributed by atoms with Crippen LogP contribution in [0.2, 0.25) is 0 Å². The first-order chi connectivity index (χ1) is 13.8. The van der Waals surface area contributed by atoms with Crippen molar-refractivity contribution >= 4 is 35.0 Å². The second kappa shape index (κ2) is 10.5. The van der Waals surface area contributed by atoms with Crippen LogP contribution in [0.3, 0.4) is 0 Å². The van der Waals surface area contributed by atoms with Crippen LogP contribution in [0.1, 0.15) is 18.9 Å². The highest BCUT2D eigenvalue weighted by atomic mass is 32.2. The van der Waals surface area contributed by atoms with Crippen LogP contribution in [0.5, 0.6) is 5.75 Å². The van der Waals surface area contributed by atoms with Crippen molar-refractivity contribution in [3.63, 3.8) is 0 Å². The van der Waals surface area contributed by atoms with Gasteiger partial charge in [0.1, 0.15) is 5.75 Å². The number of esters is 1. The third-order valence-corrected chi connectivity index (χ3v) is 4.94. The Morgan fingerprint density at radius 2 is 1.90 bits per heavy atom. The van der Waals surface area contributed by atoms with Gasteiger partial charge in [0, 0.05) is 22.8 Å². The molecule has 2 aromatic rings. The highest BCUT2D eigenvalue weighted by Gasteiger charge is 2.20. The summed E-state index contributed by atoms with van der Waals surface area (Å²) in [5.74, 6) is -0.326. The van der Waals surface area contributed by atoms with E-state index in [9.17, 15) is 19.7 Å². The number of carbonyl (C=O) groups excluding carboxylic acids is 2. The van der Waals surface area contributed by atoms with Gasteiger partial charge in [-0.05, 0) is 32.0 Å². The number of hydrogen-bond acceptors (Lipinski definition) is 7. The molecule has 8 nitrogen and oxygen atoms in total. The molecule has 0 heterocycles. The Kier molecular flexibility index (Phi) is 8.02. The van der Waals surface area contributed by atoms with Gasteiger partial charge in [0.15, 0.2) is 6.10 Å². The number of methoxy groups -OCH3 is 1. The first kappa shape index (κ1) is 22.2. The summed E-state index contributed by atoms with van der Waals surface area (Å²) in [6, 6.07) is 11.8. The van der Waals surface area contributed by atoms with Gasteiger partial charge in [-0.1, -0.05) is 17.7 Å². The van der Waals surface area contributed by atoms with Crippen molar-refractivity contribution in [2.75, 3.05) is 18.2 Å². The van der Waals surface area contributed by atoms with E-state index in [1.54, 1.807) is 0 Å². The Morgan fingerprint density at radius 3 is 2.52 bits per heavy atom. The van der Waals surface area contributed by atoms with Crippen LogP contribution < -0.4 is 10.1 Å². The van der Waals surface area contributed by atoms with Gasteiger partial charge in [-0.15, -0.1) is 11.8 Å². The lowest BCUT2D eigenvalue weighted by atomic mass is 10.2. The van der Waals surface area contributed by atoms with E-state index in [0.717, 1.165) is 10.5 Å². The van der Waals surface area contributed by atoms with Crippen LogP contribution in [0.15, 0.2) is 47.4 Å². The third kappa shape index (κ3) is 6.79. The Balaban J connectivity index is 1.86. The lowest BCUT2D eigenvalue weighted by Crippen LogP contribution is -2.30. The number of anilines is 1. The number of carbonyl (C=O) groups is 2. The average molecular weight is 418 g/mol. The van der Waals surface area contributed by atoms with Gasteiger partial charge < -0.3 is 14.8 Å². The maximum atomic E-state index is 12.3. The first-order valence-electron chi connectivity index (χ1n) is 8.82. The lowest BCUT2D eigenvalue weighted by molar-refractivity contribution is -0.384. The van der Waals surface area contributed by atoms with E-state index in [4.69, 9.17) is 9.47 Å². The number of amides is 1. The summed E-state index contributed by atoms with van der Waals surface area (Å²) in [6.07, 6.45) is -0.910. The van der Waals surface area contributed by atoms with E-state index in [1.807, 2.05) is 31.2 Å². The van der Waals surface area contributed by atoms with Gasteiger partial charge in [0.25, 0.3) is 11.6 Å². The van der Waals surface area contributed by atoms with Crippen LogP contribution in [-0.2, 0) is 14.3 Å². The SMILES string of the molecule is COc1ccc([N+](=O)[O-])cc1NC(=O)[C@H](C)OC(=O)CCSc1ccc(C)cc1. The Hall–Kier alpha value is -3.07. The number of non-ortho nitro benzene ring substituents is 1. The van der Waals surface area contributed by atoms with Crippen molar-refractivity contribution in [2.24, 2.45) is 0 Å². The lowest BCUT2D eigenvalue weighted by Gasteiger charge is -2.15. The molecule has 0 spiro atoms. The van der Waals surface area contributed by atoms with E-state index in [1.165, 1.54) is 44.0 Å². The van der Waals surface area contributed by atoms with Gasteiger partial charge in [-0.2, -0.15) is 0 Å². The van der Waals surface area contributed by atoms with Crippen LogP contribution in [0.4, 0.5) is 11.4 Å². The quantitative estimate of drug-likeness (QED) is 0.284. The van der Waals surface area contributed by atoms with Crippen LogP contribution in [0.25, 0.3) is 0 Å². The molecule has 0 saturated carbocycles. The predicted octanol–water partition coefficient (Wildman–Crippen LogP) is 3.96. The molecule has 0 aliphatic heterocycles. The van der Waals surface area contributed by atoms with E-state index in [2.05, 4.69) is 5.32 Å². The highest BCUT2D eigenvalue weighted by molar-refractivity contribution is 7.99. The molecular formula is C20H22N2O6S.